The molecule has 1 fully saturated rings. The number of amides is 1. The maximum absolute atomic E-state index is 14.3. The first kappa shape index (κ1) is 20.1. The van der Waals surface area contributed by atoms with Crippen LogP contribution in [-0.2, 0) is 4.79 Å². The number of hydrogen-bond acceptors (Lipinski definition) is 6. The Bertz CT molecular complexity index is 1250. The zero-order valence-electron chi connectivity index (χ0n) is 17.3. The number of carbonyl (C=O) groups is 1. The van der Waals surface area contributed by atoms with Gasteiger partial charge in [0.15, 0.2) is 11.5 Å². The number of nitrogens with two attached hydrogens (primary N) is 1. The van der Waals surface area contributed by atoms with E-state index in [0.717, 1.165) is 11.4 Å². The molecule has 4 aromatic rings. The number of rotatable bonds is 5. The van der Waals surface area contributed by atoms with Crippen LogP contribution in [0.15, 0.2) is 66.7 Å². The zero-order chi connectivity index (χ0) is 22.1. The highest BCUT2D eigenvalue weighted by Crippen LogP contribution is 2.25. The summed E-state index contributed by atoms with van der Waals surface area (Å²) < 4.78 is 15.9. The molecule has 0 bridgehead atoms. The van der Waals surface area contributed by atoms with E-state index in [0.29, 0.717) is 43.2 Å². The largest absolute Gasteiger partial charge is 0.368 e. The molecule has 162 valence electrons. The molecule has 2 N–H and O–H groups in total. The molecule has 1 unspecified atom stereocenters. The average Bonchev–Trinajstić information content (AvgIpc) is 3.23. The van der Waals surface area contributed by atoms with Gasteiger partial charge in [-0.15, -0.1) is 15.3 Å². The Morgan fingerprint density at radius 3 is 2.34 bits per heavy atom. The SMILES string of the molecule is NC(=O)C(c1ccccc1)N1CCN(c2ccc3nnc(-c4ccccc4F)n3n2)CC1. The first-order valence-electron chi connectivity index (χ1n) is 10.4. The Labute approximate surface area is 184 Å². The van der Waals surface area contributed by atoms with Crippen LogP contribution in [0.3, 0.4) is 0 Å². The maximum Gasteiger partial charge on any atom is 0.239 e. The maximum atomic E-state index is 14.3. The molecule has 32 heavy (non-hydrogen) atoms. The third-order valence-corrected chi connectivity index (χ3v) is 5.75. The van der Waals surface area contributed by atoms with Crippen LogP contribution in [0.1, 0.15) is 11.6 Å². The van der Waals surface area contributed by atoms with Crippen molar-refractivity contribution in [1.82, 2.24) is 24.7 Å². The average molecular weight is 431 g/mol. The molecule has 1 aliphatic rings. The summed E-state index contributed by atoms with van der Waals surface area (Å²) in [6.45, 7) is 2.66. The van der Waals surface area contributed by atoms with Crippen LogP contribution < -0.4 is 10.6 Å². The topological polar surface area (TPSA) is 92.7 Å². The molecular weight excluding hydrogens is 409 g/mol. The normalized spacial score (nSPS) is 15.7. The Morgan fingerprint density at radius 2 is 1.62 bits per heavy atom. The summed E-state index contributed by atoms with van der Waals surface area (Å²) in [6.07, 6.45) is 0. The van der Waals surface area contributed by atoms with Crippen molar-refractivity contribution < 1.29 is 9.18 Å². The van der Waals surface area contributed by atoms with Crippen LogP contribution >= 0.6 is 0 Å². The second-order valence-electron chi connectivity index (χ2n) is 7.70. The van der Waals surface area contributed by atoms with Gasteiger partial charge in [-0.1, -0.05) is 42.5 Å². The summed E-state index contributed by atoms with van der Waals surface area (Å²) in [7, 11) is 0. The summed E-state index contributed by atoms with van der Waals surface area (Å²) in [6, 6.07) is 19.3. The number of carbonyl (C=O) groups excluding carboxylic acids is 1. The fraction of sp³-hybridized carbons (Fsp3) is 0.217. The van der Waals surface area contributed by atoms with Crippen molar-refractivity contribution in [3.05, 3.63) is 78.1 Å². The van der Waals surface area contributed by atoms with Crippen LogP contribution in [0.5, 0.6) is 0 Å². The highest BCUT2D eigenvalue weighted by molar-refractivity contribution is 5.81. The Hall–Kier alpha value is -3.85. The first-order chi connectivity index (χ1) is 15.6. The second-order valence-corrected chi connectivity index (χ2v) is 7.70. The van der Waals surface area contributed by atoms with Crippen molar-refractivity contribution in [3.8, 4) is 11.4 Å². The van der Waals surface area contributed by atoms with E-state index in [4.69, 9.17) is 5.73 Å². The third kappa shape index (κ3) is 3.67. The van der Waals surface area contributed by atoms with Crippen LogP contribution in [0.25, 0.3) is 17.0 Å². The lowest BCUT2D eigenvalue weighted by molar-refractivity contribution is -0.123. The van der Waals surface area contributed by atoms with Crippen molar-refractivity contribution in [2.45, 2.75) is 6.04 Å². The number of hydrogen-bond donors (Lipinski definition) is 1. The monoisotopic (exact) mass is 431 g/mol. The van der Waals surface area contributed by atoms with E-state index < -0.39 is 6.04 Å². The van der Waals surface area contributed by atoms with Gasteiger partial charge in [0.2, 0.25) is 5.91 Å². The van der Waals surface area contributed by atoms with Gasteiger partial charge in [-0.25, -0.2) is 4.39 Å². The van der Waals surface area contributed by atoms with E-state index in [2.05, 4.69) is 25.1 Å². The van der Waals surface area contributed by atoms with Gasteiger partial charge < -0.3 is 10.6 Å². The highest BCUT2D eigenvalue weighted by atomic mass is 19.1. The summed E-state index contributed by atoms with van der Waals surface area (Å²) >= 11 is 0. The molecule has 8 nitrogen and oxygen atoms in total. The second kappa shape index (κ2) is 8.35. The molecule has 0 aliphatic carbocycles. The van der Waals surface area contributed by atoms with Gasteiger partial charge in [-0.05, 0) is 29.8 Å². The molecule has 3 heterocycles. The van der Waals surface area contributed by atoms with Crippen LogP contribution in [0, 0.1) is 5.82 Å². The van der Waals surface area contributed by atoms with Crippen molar-refractivity contribution in [2.24, 2.45) is 5.73 Å². The van der Waals surface area contributed by atoms with Gasteiger partial charge in [-0.3, -0.25) is 9.69 Å². The number of halogens is 1. The summed E-state index contributed by atoms with van der Waals surface area (Å²) in [5.74, 6) is 0.366. The summed E-state index contributed by atoms with van der Waals surface area (Å²) in [5, 5.41) is 12.9. The van der Waals surface area contributed by atoms with E-state index in [1.54, 1.807) is 22.7 Å². The number of fused-ring (bicyclic) bond motifs is 1. The van der Waals surface area contributed by atoms with Crippen LogP contribution in [-0.4, -0.2) is 56.8 Å². The standard InChI is InChI=1S/C23H22FN7O/c24-18-9-5-4-8-17(18)23-27-26-19-10-11-20(28-31(19)23)29-12-14-30(15-13-29)21(22(25)32)16-6-2-1-3-7-16/h1-11,21H,12-15H2,(H2,25,32). The first-order valence-corrected chi connectivity index (χ1v) is 10.4. The smallest absolute Gasteiger partial charge is 0.239 e. The van der Waals surface area contributed by atoms with Gasteiger partial charge in [0.1, 0.15) is 17.7 Å². The van der Waals surface area contributed by atoms with Gasteiger partial charge in [0.05, 0.1) is 5.56 Å². The van der Waals surface area contributed by atoms with Crippen molar-refractivity contribution in [1.29, 1.82) is 0 Å². The van der Waals surface area contributed by atoms with E-state index in [1.807, 2.05) is 42.5 Å². The van der Waals surface area contributed by atoms with Gasteiger partial charge in [0, 0.05) is 26.2 Å². The Balaban J connectivity index is 1.38. The van der Waals surface area contributed by atoms with Gasteiger partial charge in [0.25, 0.3) is 0 Å². The minimum atomic E-state index is -0.459. The molecule has 1 aliphatic heterocycles. The molecule has 1 atom stereocenters. The number of anilines is 1. The fourth-order valence-electron chi connectivity index (χ4n) is 4.16. The number of primary amides is 1. The predicted octanol–water partition coefficient (Wildman–Crippen LogP) is 2.28. The lowest BCUT2D eigenvalue weighted by Gasteiger charge is -2.38. The van der Waals surface area contributed by atoms with Crippen molar-refractivity contribution in [3.63, 3.8) is 0 Å². The molecular formula is C23H22FN7O. The minimum absolute atomic E-state index is 0.349. The van der Waals surface area contributed by atoms with E-state index in [9.17, 15) is 9.18 Å². The lowest BCUT2D eigenvalue weighted by atomic mass is 10.0. The number of aromatic nitrogens is 4. The quantitative estimate of drug-likeness (QED) is 0.521. The molecule has 1 saturated heterocycles. The number of nitrogens with zero attached hydrogens (tertiary/aromatic N) is 6. The van der Waals surface area contributed by atoms with Crippen molar-refractivity contribution >= 4 is 17.4 Å². The summed E-state index contributed by atoms with van der Waals surface area (Å²) in [5.41, 5.74) is 7.51. The van der Waals surface area contributed by atoms with E-state index in [-0.39, 0.29) is 11.7 Å². The molecule has 9 heteroatoms. The van der Waals surface area contributed by atoms with Gasteiger partial charge >= 0.3 is 0 Å². The Kier molecular flexibility index (Phi) is 5.24. The number of benzene rings is 2. The Morgan fingerprint density at radius 1 is 0.906 bits per heavy atom. The van der Waals surface area contributed by atoms with Crippen molar-refractivity contribution in [2.75, 3.05) is 31.1 Å². The van der Waals surface area contributed by atoms with Crippen LogP contribution in [0.4, 0.5) is 10.2 Å². The minimum Gasteiger partial charge on any atom is -0.368 e. The third-order valence-electron chi connectivity index (χ3n) is 5.75. The highest BCUT2D eigenvalue weighted by Gasteiger charge is 2.29. The number of piperazine rings is 1. The molecule has 2 aromatic carbocycles. The van der Waals surface area contributed by atoms with Gasteiger partial charge in [-0.2, -0.15) is 4.52 Å². The van der Waals surface area contributed by atoms with E-state index >= 15 is 0 Å². The lowest BCUT2D eigenvalue weighted by Crippen LogP contribution is -2.50. The molecule has 5 rings (SSSR count). The molecule has 0 radical (unpaired) electrons. The molecule has 0 saturated carbocycles. The molecule has 1 amide bonds. The molecule has 2 aromatic heterocycles. The molecule has 0 spiro atoms. The van der Waals surface area contributed by atoms with E-state index in [1.165, 1.54) is 6.07 Å². The summed E-state index contributed by atoms with van der Waals surface area (Å²) in [4.78, 5) is 16.4. The fourth-order valence-corrected chi connectivity index (χ4v) is 4.16. The van der Waals surface area contributed by atoms with Crippen LogP contribution in [0.2, 0.25) is 0 Å². The zero-order valence-corrected chi connectivity index (χ0v) is 17.3. The predicted molar refractivity (Wildman–Crippen MR) is 118 cm³/mol.